The number of rotatable bonds is 2. The van der Waals surface area contributed by atoms with Gasteiger partial charge >= 0.3 is 0 Å². The summed E-state index contributed by atoms with van der Waals surface area (Å²) in [6, 6.07) is 27.8. The SMILES string of the molecule is Cc1c[c-]c(-c2cc(C)c(C)cn2)cc1.[2H]C([2H])([2H])c1ccc2c(n1)oc1c(-c3ccc4sc(C)cc4n3)[c-]ccc12.[Ir]. The average molecular weight is 721 g/mol. The Morgan fingerprint density at radius 1 is 0.850 bits per heavy atom. The Bertz CT molecular complexity index is 2080. The van der Waals surface area contributed by atoms with Crippen molar-refractivity contribution in [1.82, 2.24) is 15.0 Å². The second-order valence-electron chi connectivity index (χ2n) is 9.62. The number of fused-ring (bicyclic) bond motifs is 4. The Labute approximate surface area is 255 Å². The van der Waals surface area contributed by atoms with E-state index in [9.17, 15) is 0 Å². The third-order valence-corrected chi connectivity index (χ3v) is 7.67. The van der Waals surface area contributed by atoms with Crippen LogP contribution in [-0.4, -0.2) is 15.0 Å². The Morgan fingerprint density at radius 2 is 1.73 bits per heavy atom. The van der Waals surface area contributed by atoms with Gasteiger partial charge in [0.1, 0.15) is 0 Å². The van der Waals surface area contributed by atoms with Crippen molar-refractivity contribution < 1.29 is 28.6 Å². The van der Waals surface area contributed by atoms with Gasteiger partial charge in [0.2, 0.25) is 5.71 Å². The largest absolute Gasteiger partial charge is 0.486 e. The number of pyridine rings is 3. The number of thiophene rings is 1. The molecule has 40 heavy (non-hydrogen) atoms. The molecule has 1 radical (unpaired) electrons. The second-order valence-corrected chi connectivity index (χ2v) is 10.9. The summed E-state index contributed by atoms with van der Waals surface area (Å²) in [5.41, 5.74) is 9.18. The maximum Gasteiger partial charge on any atom is 0.216 e. The summed E-state index contributed by atoms with van der Waals surface area (Å²) in [5.74, 6) is 0. The van der Waals surface area contributed by atoms with Gasteiger partial charge in [-0.05, 0) is 68.8 Å². The van der Waals surface area contributed by atoms with Gasteiger partial charge in [0, 0.05) is 46.4 Å². The molecule has 0 N–H and O–H groups in total. The molecule has 4 nitrogen and oxygen atoms in total. The standard InChI is InChI=1S/C20H13N2OS.C14H14N.Ir/c1-11-6-7-14-13-4-3-5-15(19(13)23-20(14)21-11)16-8-9-18-17(22-16)10-12(2)24-18;1-10-4-6-13(7-5-10)14-8-11(2)12(3)9-15-14;/h3-4,6-10H,1-2H3;4-6,8-9H,1-3H3;/q2*-1;/i1D3;;. The van der Waals surface area contributed by atoms with Crippen molar-refractivity contribution in [3.8, 4) is 22.5 Å². The van der Waals surface area contributed by atoms with Crippen molar-refractivity contribution in [3.63, 3.8) is 0 Å². The first kappa shape index (κ1) is 24.1. The predicted molar refractivity (Wildman–Crippen MR) is 161 cm³/mol. The van der Waals surface area contributed by atoms with Crippen molar-refractivity contribution in [3.05, 3.63) is 112 Å². The number of aromatic nitrogens is 3. The number of nitrogens with zero attached hydrogens (tertiary/aromatic N) is 3. The van der Waals surface area contributed by atoms with E-state index in [1.54, 1.807) is 17.4 Å². The van der Waals surface area contributed by atoms with Crippen LogP contribution in [0.5, 0.6) is 0 Å². The summed E-state index contributed by atoms with van der Waals surface area (Å²) in [5, 5.41) is 1.65. The summed E-state index contributed by atoms with van der Waals surface area (Å²) >= 11 is 1.71. The number of hydrogen-bond acceptors (Lipinski definition) is 5. The van der Waals surface area contributed by atoms with Crippen LogP contribution >= 0.6 is 11.3 Å². The molecule has 6 heteroatoms. The fraction of sp³-hybridized carbons (Fsp3) is 0.147. The van der Waals surface area contributed by atoms with Crippen LogP contribution in [0.4, 0.5) is 0 Å². The van der Waals surface area contributed by atoms with Gasteiger partial charge in [0.25, 0.3) is 0 Å². The van der Waals surface area contributed by atoms with Crippen LogP contribution in [0.25, 0.3) is 54.8 Å². The summed E-state index contributed by atoms with van der Waals surface area (Å²) < 4.78 is 29.8. The van der Waals surface area contributed by atoms with Crippen LogP contribution < -0.4 is 0 Å². The number of benzene rings is 2. The quantitative estimate of drug-likeness (QED) is 0.167. The summed E-state index contributed by atoms with van der Waals surface area (Å²) in [7, 11) is 0. The molecule has 0 unspecified atom stereocenters. The minimum Gasteiger partial charge on any atom is -0.486 e. The molecule has 0 bridgehead atoms. The van der Waals surface area contributed by atoms with Crippen LogP contribution in [0.2, 0.25) is 0 Å². The number of aryl methyl sites for hydroxylation is 5. The van der Waals surface area contributed by atoms with Crippen molar-refractivity contribution in [1.29, 1.82) is 0 Å². The van der Waals surface area contributed by atoms with E-state index in [1.807, 2.05) is 30.5 Å². The third kappa shape index (κ3) is 5.48. The number of hydrogen-bond donors (Lipinski definition) is 0. The van der Waals surface area contributed by atoms with Gasteiger partial charge in [-0.15, -0.1) is 64.9 Å². The van der Waals surface area contributed by atoms with E-state index in [1.165, 1.54) is 27.6 Å². The van der Waals surface area contributed by atoms with Gasteiger partial charge in [0.05, 0.1) is 15.8 Å². The van der Waals surface area contributed by atoms with Gasteiger partial charge in [-0.25, -0.2) is 4.98 Å². The summed E-state index contributed by atoms with van der Waals surface area (Å²) in [4.78, 5) is 14.6. The summed E-state index contributed by atoms with van der Waals surface area (Å²) in [6.45, 7) is 6.03. The summed E-state index contributed by atoms with van der Waals surface area (Å²) in [6.07, 6.45) is 1.92. The van der Waals surface area contributed by atoms with Crippen LogP contribution in [0.1, 0.15) is 31.4 Å². The third-order valence-electron chi connectivity index (χ3n) is 6.67. The van der Waals surface area contributed by atoms with Gasteiger partial charge in [0.15, 0.2) is 0 Å². The molecule has 0 amide bonds. The van der Waals surface area contributed by atoms with Crippen LogP contribution in [0.3, 0.4) is 0 Å². The van der Waals surface area contributed by atoms with Crippen molar-refractivity contribution in [2.45, 2.75) is 34.5 Å². The molecule has 0 saturated carbocycles. The van der Waals surface area contributed by atoms with E-state index in [4.69, 9.17) is 13.5 Å². The Hall–Kier alpha value is -3.70. The van der Waals surface area contributed by atoms with Gasteiger partial charge < -0.3 is 9.40 Å². The van der Waals surface area contributed by atoms with Gasteiger partial charge in [-0.1, -0.05) is 35.6 Å². The van der Waals surface area contributed by atoms with E-state index in [0.29, 0.717) is 11.3 Å². The fourth-order valence-corrected chi connectivity index (χ4v) is 5.30. The smallest absolute Gasteiger partial charge is 0.216 e. The van der Waals surface area contributed by atoms with E-state index in [2.05, 4.69) is 80.1 Å². The molecule has 201 valence electrons. The Morgan fingerprint density at radius 3 is 2.50 bits per heavy atom. The van der Waals surface area contributed by atoms with Gasteiger partial charge in [-0.2, -0.15) is 0 Å². The first-order chi connectivity index (χ1) is 20.1. The zero-order chi connectivity index (χ0) is 29.6. The molecule has 0 aliphatic carbocycles. The molecule has 0 saturated heterocycles. The zero-order valence-electron chi connectivity index (χ0n) is 25.4. The minimum absolute atomic E-state index is 0. The minimum atomic E-state index is -2.27. The monoisotopic (exact) mass is 721 g/mol. The molecular weight excluding hydrogens is 691 g/mol. The van der Waals surface area contributed by atoms with E-state index < -0.39 is 6.85 Å². The Balaban J connectivity index is 0.000000197. The molecule has 0 aliphatic rings. The molecule has 0 aliphatic heterocycles. The van der Waals surface area contributed by atoms with Crippen molar-refractivity contribution in [2.75, 3.05) is 0 Å². The number of furan rings is 1. The van der Waals surface area contributed by atoms with Crippen LogP contribution in [0.15, 0.2) is 77.3 Å². The molecule has 7 aromatic rings. The maximum atomic E-state index is 7.55. The van der Waals surface area contributed by atoms with Crippen molar-refractivity contribution >= 4 is 43.6 Å². The van der Waals surface area contributed by atoms with E-state index in [-0.39, 0.29) is 25.8 Å². The first-order valence-electron chi connectivity index (χ1n) is 14.1. The second kappa shape index (κ2) is 11.4. The predicted octanol–water partition coefficient (Wildman–Crippen LogP) is 9.15. The zero-order valence-corrected chi connectivity index (χ0v) is 25.6. The van der Waals surface area contributed by atoms with Crippen LogP contribution in [-0.2, 0) is 20.1 Å². The molecule has 0 fully saturated rings. The van der Waals surface area contributed by atoms with E-state index in [0.717, 1.165) is 43.5 Å². The maximum absolute atomic E-state index is 7.55. The van der Waals surface area contributed by atoms with Crippen LogP contribution in [0, 0.1) is 46.7 Å². The average Bonchev–Trinajstić information content (AvgIpc) is 3.53. The molecule has 2 aromatic carbocycles. The normalized spacial score (nSPS) is 12.3. The molecule has 5 heterocycles. The molecule has 0 spiro atoms. The molecular formula is C34H27IrN3OS-2. The fourth-order valence-electron chi connectivity index (χ4n) is 4.43. The van der Waals surface area contributed by atoms with Gasteiger partial charge in [-0.3, -0.25) is 4.98 Å². The molecule has 5 aromatic heterocycles. The van der Waals surface area contributed by atoms with Crippen molar-refractivity contribution in [2.24, 2.45) is 0 Å². The first-order valence-corrected chi connectivity index (χ1v) is 13.4. The molecule has 0 atom stereocenters. The molecule has 7 rings (SSSR count). The Kier molecular flexibility index (Phi) is 6.89. The topological polar surface area (TPSA) is 51.8 Å². The van der Waals surface area contributed by atoms with E-state index >= 15 is 0 Å².